The molecule has 1 unspecified atom stereocenters. The number of likely N-dealkylation sites (N-methyl/N-ethyl adjacent to an activating group) is 1. The fourth-order valence-electron chi connectivity index (χ4n) is 1.71. The predicted octanol–water partition coefficient (Wildman–Crippen LogP) is 1.66. The second-order valence-corrected chi connectivity index (χ2v) is 4.11. The molecule has 1 aromatic rings. The van der Waals surface area contributed by atoms with Crippen molar-refractivity contribution in [3.63, 3.8) is 0 Å². The quantitative estimate of drug-likeness (QED) is 0.721. The summed E-state index contributed by atoms with van der Waals surface area (Å²) in [6, 6.07) is 2.18. The molecular weight excluding hydrogens is 214 g/mol. The molecule has 2 heterocycles. The van der Waals surface area contributed by atoms with Crippen molar-refractivity contribution in [1.29, 1.82) is 0 Å². The Balaban J connectivity index is 2.20. The number of rotatable bonds is 2. The van der Waals surface area contributed by atoms with Crippen LogP contribution in [-0.2, 0) is 4.74 Å². The lowest BCUT2D eigenvalue weighted by atomic mass is 10.2. The number of aromatic nitrogens is 2. The molecule has 4 nitrogen and oxygen atoms in total. The summed E-state index contributed by atoms with van der Waals surface area (Å²) in [5.41, 5.74) is 0. The van der Waals surface area contributed by atoms with Crippen LogP contribution >= 0.6 is 11.6 Å². The molecule has 0 aliphatic carbocycles. The van der Waals surface area contributed by atoms with Crippen molar-refractivity contribution in [2.24, 2.45) is 0 Å². The van der Waals surface area contributed by atoms with Crippen molar-refractivity contribution in [3.8, 4) is 0 Å². The zero-order valence-electron chi connectivity index (χ0n) is 8.90. The van der Waals surface area contributed by atoms with Gasteiger partial charge in [-0.15, -0.1) is 0 Å². The summed E-state index contributed by atoms with van der Waals surface area (Å²) >= 11 is 5.89. The van der Waals surface area contributed by atoms with Crippen LogP contribution < -0.4 is 4.90 Å². The summed E-state index contributed by atoms with van der Waals surface area (Å²) in [7, 11) is 2.01. The molecule has 0 saturated carbocycles. The zero-order chi connectivity index (χ0) is 10.8. The Hall–Kier alpha value is -0.870. The van der Waals surface area contributed by atoms with Gasteiger partial charge in [-0.2, -0.15) is 0 Å². The smallest absolute Gasteiger partial charge is 0.134 e. The van der Waals surface area contributed by atoms with Crippen molar-refractivity contribution in [2.45, 2.75) is 19.4 Å². The van der Waals surface area contributed by atoms with E-state index in [-0.39, 0.29) is 0 Å². The molecule has 1 aromatic heterocycles. The molecule has 82 valence electrons. The Morgan fingerprint density at radius 1 is 1.53 bits per heavy atom. The fraction of sp³-hybridized carbons (Fsp3) is 0.600. The Kier molecular flexibility index (Phi) is 3.07. The number of halogens is 1. The molecule has 0 N–H and O–H groups in total. The van der Waals surface area contributed by atoms with Gasteiger partial charge >= 0.3 is 0 Å². The molecule has 0 bridgehead atoms. The average Bonchev–Trinajstić information content (AvgIpc) is 2.67. The van der Waals surface area contributed by atoms with E-state index in [0.29, 0.717) is 17.0 Å². The highest BCUT2D eigenvalue weighted by Gasteiger charge is 2.21. The predicted molar refractivity (Wildman–Crippen MR) is 59.4 cm³/mol. The molecule has 0 spiro atoms. The van der Waals surface area contributed by atoms with Crippen molar-refractivity contribution in [1.82, 2.24) is 9.97 Å². The van der Waals surface area contributed by atoms with E-state index in [0.717, 1.165) is 25.5 Å². The number of hydrogen-bond donors (Lipinski definition) is 0. The lowest BCUT2D eigenvalue weighted by Crippen LogP contribution is -2.32. The van der Waals surface area contributed by atoms with E-state index in [4.69, 9.17) is 16.3 Å². The second kappa shape index (κ2) is 4.33. The van der Waals surface area contributed by atoms with Crippen molar-refractivity contribution in [2.75, 3.05) is 25.2 Å². The van der Waals surface area contributed by atoms with E-state index < -0.39 is 0 Å². The number of nitrogens with zero attached hydrogens (tertiary/aromatic N) is 3. The van der Waals surface area contributed by atoms with Crippen LogP contribution in [0.2, 0.25) is 5.15 Å². The maximum absolute atomic E-state index is 5.89. The van der Waals surface area contributed by atoms with Crippen molar-refractivity contribution < 1.29 is 4.74 Å². The SMILES string of the molecule is Cc1nc(Cl)cc(N(C)C2CCOC2)n1. The Labute approximate surface area is 94.2 Å². The maximum atomic E-state index is 5.89. The lowest BCUT2D eigenvalue weighted by Gasteiger charge is -2.24. The molecule has 1 aliphatic rings. The minimum Gasteiger partial charge on any atom is -0.379 e. The van der Waals surface area contributed by atoms with Gasteiger partial charge in [0.05, 0.1) is 12.6 Å². The molecule has 2 rings (SSSR count). The van der Waals surface area contributed by atoms with E-state index in [1.54, 1.807) is 6.07 Å². The van der Waals surface area contributed by atoms with E-state index >= 15 is 0 Å². The first-order chi connectivity index (χ1) is 7.16. The molecule has 1 atom stereocenters. The molecule has 0 aromatic carbocycles. The van der Waals surface area contributed by atoms with Gasteiger partial charge in [-0.1, -0.05) is 11.6 Å². The van der Waals surface area contributed by atoms with Gasteiger partial charge in [-0.05, 0) is 13.3 Å². The minimum atomic E-state index is 0.398. The van der Waals surface area contributed by atoms with E-state index in [1.165, 1.54) is 0 Å². The molecule has 1 saturated heterocycles. The summed E-state index contributed by atoms with van der Waals surface area (Å²) in [6.45, 7) is 3.43. The topological polar surface area (TPSA) is 38.2 Å². The van der Waals surface area contributed by atoms with Crippen LogP contribution in [0.5, 0.6) is 0 Å². The normalized spacial score (nSPS) is 20.6. The zero-order valence-corrected chi connectivity index (χ0v) is 9.66. The van der Waals surface area contributed by atoms with Gasteiger partial charge in [-0.25, -0.2) is 9.97 Å². The monoisotopic (exact) mass is 227 g/mol. The van der Waals surface area contributed by atoms with Gasteiger partial charge in [0.15, 0.2) is 0 Å². The third kappa shape index (κ3) is 2.38. The number of aryl methyl sites for hydroxylation is 1. The van der Waals surface area contributed by atoms with Crippen LogP contribution in [-0.4, -0.2) is 36.3 Å². The molecule has 15 heavy (non-hydrogen) atoms. The molecule has 0 amide bonds. The Bertz CT molecular complexity index is 332. The first-order valence-corrected chi connectivity index (χ1v) is 5.36. The highest BCUT2D eigenvalue weighted by molar-refractivity contribution is 6.29. The molecule has 0 radical (unpaired) electrons. The largest absolute Gasteiger partial charge is 0.379 e. The third-order valence-corrected chi connectivity index (χ3v) is 2.80. The minimum absolute atomic E-state index is 0.398. The number of hydrogen-bond acceptors (Lipinski definition) is 4. The van der Waals surface area contributed by atoms with Crippen LogP contribution in [0.3, 0.4) is 0 Å². The van der Waals surface area contributed by atoms with Crippen LogP contribution in [0.1, 0.15) is 12.2 Å². The van der Waals surface area contributed by atoms with E-state index in [1.807, 2.05) is 14.0 Å². The summed E-state index contributed by atoms with van der Waals surface area (Å²) < 4.78 is 5.34. The average molecular weight is 228 g/mol. The van der Waals surface area contributed by atoms with Gasteiger partial charge in [0.1, 0.15) is 16.8 Å². The Morgan fingerprint density at radius 3 is 2.93 bits per heavy atom. The van der Waals surface area contributed by atoms with Crippen molar-refractivity contribution >= 4 is 17.4 Å². The molecular formula is C10H14ClN3O. The van der Waals surface area contributed by atoms with Crippen LogP contribution in [0.15, 0.2) is 6.07 Å². The lowest BCUT2D eigenvalue weighted by molar-refractivity contribution is 0.193. The van der Waals surface area contributed by atoms with Crippen LogP contribution in [0.25, 0.3) is 0 Å². The summed E-state index contributed by atoms with van der Waals surface area (Å²) in [5, 5.41) is 0.489. The summed E-state index contributed by atoms with van der Waals surface area (Å²) in [6.07, 6.45) is 1.04. The van der Waals surface area contributed by atoms with Crippen LogP contribution in [0.4, 0.5) is 5.82 Å². The van der Waals surface area contributed by atoms with Gasteiger partial charge in [0.25, 0.3) is 0 Å². The van der Waals surface area contributed by atoms with E-state index in [2.05, 4.69) is 14.9 Å². The second-order valence-electron chi connectivity index (χ2n) is 3.72. The first-order valence-electron chi connectivity index (χ1n) is 4.98. The van der Waals surface area contributed by atoms with Gasteiger partial charge in [0.2, 0.25) is 0 Å². The fourth-order valence-corrected chi connectivity index (χ4v) is 1.93. The van der Waals surface area contributed by atoms with Crippen LogP contribution in [0, 0.1) is 6.92 Å². The van der Waals surface area contributed by atoms with Gasteiger partial charge in [-0.3, -0.25) is 0 Å². The van der Waals surface area contributed by atoms with Gasteiger partial charge < -0.3 is 9.64 Å². The van der Waals surface area contributed by atoms with E-state index in [9.17, 15) is 0 Å². The van der Waals surface area contributed by atoms with Gasteiger partial charge in [0, 0.05) is 19.7 Å². The number of ether oxygens (including phenoxy) is 1. The maximum Gasteiger partial charge on any atom is 0.134 e. The first kappa shape index (κ1) is 10.6. The van der Waals surface area contributed by atoms with Crippen molar-refractivity contribution in [3.05, 3.63) is 17.0 Å². The molecule has 5 heteroatoms. The highest BCUT2D eigenvalue weighted by atomic mass is 35.5. The summed E-state index contributed by atoms with van der Waals surface area (Å²) in [4.78, 5) is 10.5. The molecule has 1 fully saturated rings. The molecule has 1 aliphatic heterocycles. The Morgan fingerprint density at radius 2 is 2.33 bits per heavy atom. The highest BCUT2D eigenvalue weighted by Crippen LogP contribution is 2.20. The third-order valence-electron chi connectivity index (χ3n) is 2.61. The summed E-state index contributed by atoms with van der Waals surface area (Å²) in [5.74, 6) is 1.56. The number of anilines is 1. The standard InChI is InChI=1S/C10H14ClN3O/c1-7-12-9(11)5-10(13-7)14(2)8-3-4-15-6-8/h5,8H,3-4,6H2,1-2H3.